The quantitative estimate of drug-likeness (QED) is 0.558. The smallest absolute Gasteiger partial charge is 0.219 e. The topological polar surface area (TPSA) is 67.9 Å². The SMILES string of the molecule is CN1OCC(S(=O)(=O)NCc2cccc(F)c2)C1c1cccc(OCc2ccccc2)c1. The van der Waals surface area contributed by atoms with Crippen molar-refractivity contribution in [2.75, 3.05) is 13.7 Å². The molecule has 2 unspecified atom stereocenters. The number of hydrogen-bond acceptors (Lipinski definition) is 5. The van der Waals surface area contributed by atoms with E-state index < -0.39 is 27.1 Å². The summed E-state index contributed by atoms with van der Waals surface area (Å²) in [5, 5.41) is 0.730. The first-order chi connectivity index (χ1) is 15.4. The summed E-state index contributed by atoms with van der Waals surface area (Å²) in [6.45, 7) is 0.445. The van der Waals surface area contributed by atoms with Gasteiger partial charge in [-0.3, -0.25) is 4.84 Å². The minimum absolute atomic E-state index is 0.00720. The first-order valence-electron chi connectivity index (χ1n) is 10.3. The number of nitrogens with zero attached hydrogens (tertiary/aromatic N) is 1. The summed E-state index contributed by atoms with van der Waals surface area (Å²) in [5.74, 6) is 0.242. The Hall–Kier alpha value is -2.78. The van der Waals surface area contributed by atoms with Crippen molar-refractivity contribution in [1.82, 2.24) is 9.79 Å². The number of hydroxylamine groups is 2. The summed E-state index contributed by atoms with van der Waals surface area (Å²) in [5.41, 5.74) is 2.37. The largest absolute Gasteiger partial charge is 0.489 e. The molecule has 2 atom stereocenters. The first kappa shape index (κ1) is 22.4. The third-order valence-corrected chi connectivity index (χ3v) is 7.14. The van der Waals surface area contributed by atoms with Crippen LogP contribution in [0.2, 0.25) is 0 Å². The van der Waals surface area contributed by atoms with Crippen LogP contribution in [0, 0.1) is 5.82 Å². The summed E-state index contributed by atoms with van der Waals surface area (Å²) in [7, 11) is -2.04. The van der Waals surface area contributed by atoms with Gasteiger partial charge in [0.2, 0.25) is 10.0 Å². The predicted molar refractivity (Wildman–Crippen MR) is 120 cm³/mol. The number of sulfonamides is 1. The van der Waals surface area contributed by atoms with Gasteiger partial charge in [0.05, 0.1) is 12.6 Å². The van der Waals surface area contributed by atoms with Crippen molar-refractivity contribution in [3.05, 3.63) is 101 Å². The molecule has 1 heterocycles. The molecule has 1 aliphatic rings. The lowest BCUT2D eigenvalue weighted by molar-refractivity contribution is -0.110. The molecule has 4 rings (SSSR count). The van der Waals surface area contributed by atoms with Crippen LogP contribution in [0.15, 0.2) is 78.9 Å². The van der Waals surface area contributed by atoms with E-state index in [2.05, 4.69) is 4.72 Å². The normalized spacial score (nSPS) is 19.2. The van der Waals surface area contributed by atoms with Crippen molar-refractivity contribution >= 4 is 10.0 Å². The van der Waals surface area contributed by atoms with E-state index in [0.717, 1.165) is 11.1 Å². The molecular formula is C24H25FN2O4S. The van der Waals surface area contributed by atoms with Gasteiger partial charge in [0, 0.05) is 13.6 Å². The van der Waals surface area contributed by atoms with Crippen molar-refractivity contribution in [2.45, 2.75) is 24.4 Å². The molecule has 1 aliphatic heterocycles. The summed E-state index contributed by atoms with van der Waals surface area (Å²) in [6.07, 6.45) is 0. The van der Waals surface area contributed by atoms with Gasteiger partial charge in [0.25, 0.3) is 0 Å². The molecule has 0 aliphatic carbocycles. The van der Waals surface area contributed by atoms with E-state index in [1.54, 1.807) is 24.2 Å². The Morgan fingerprint density at radius 1 is 1.03 bits per heavy atom. The van der Waals surface area contributed by atoms with E-state index in [1.165, 1.54) is 12.1 Å². The molecular weight excluding hydrogens is 431 g/mol. The number of hydrogen-bond donors (Lipinski definition) is 1. The predicted octanol–water partition coefficient (Wildman–Crippen LogP) is 3.81. The Balaban J connectivity index is 1.49. The van der Waals surface area contributed by atoms with Gasteiger partial charge in [-0.25, -0.2) is 17.5 Å². The highest BCUT2D eigenvalue weighted by Crippen LogP contribution is 2.34. The van der Waals surface area contributed by atoms with Gasteiger partial charge in [-0.2, -0.15) is 5.06 Å². The van der Waals surface area contributed by atoms with Gasteiger partial charge >= 0.3 is 0 Å². The molecule has 1 N–H and O–H groups in total. The van der Waals surface area contributed by atoms with Crippen molar-refractivity contribution in [3.63, 3.8) is 0 Å². The number of rotatable bonds is 8. The summed E-state index contributed by atoms with van der Waals surface area (Å²) >= 11 is 0. The molecule has 0 radical (unpaired) electrons. The molecule has 32 heavy (non-hydrogen) atoms. The molecule has 6 nitrogen and oxygen atoms in total. The third-order valence-electron chi connectivity index (χ3n) is 5.40. The average Bonchev–Trinajstić information content (AvgIpc) is 3.20. The molecule has 1 fully saturated rings. The summed E-state index contributed by atoms with van der Waals surface area (Å²) in [6, 6.07) is 22.5. The van der Waals surface area contributed by atoms with Crippen molar-refractivity contribution < 1.29 is 22.4 Å². The van der Waals surface area contributed by atoms with Gasteiger partial charge in [0.1, 0.15) is 23.4 Å². The van der Waals surface area contributed by atoms with E-state index >= 15 is 0 Å². The number of nitrogens with one attached hydrogen (secondary N) is 1. The monoisotopic (exact) mass is 456 g/mol. The fourth-order valence-electron chi connectivity index (χ4n) is 3.75. The van der Waals surface area contributed by atoms with Crippen LogP contribution in [0.4, 0.5) is 4.39 Å². The highest BCUT2D eigenvalue weighted by molar-refractivity contribution is 7.90. The zero-order chi connectivity index (χ0) is 22.6. The Labute approximate surface area is 187 Å². The second kappa shape index (κ2) is 9.79. The van der Waals surface area contributed by atoms with E-state index in [9.17, 15) is 12.8 Å². The number of halogens is 1. The van der Waals surface area contributed by atoms with Crippen LogP contribution in [0.25, 0.3) is 0 Å². The van der Waals surface area contributed by atoms with Gasteiger partial charge in [-0.1, -0.05) is 54.6 Å². The summed E-state index contributed by atoms with van der Waals surface area (Å²) < 4.78 is 48.1. The first-order valence-corrected chi connectivity index (χ1v) is 11.8. The fraction of sp³-hybridized carbons (Fsp3) is 0.250. The van der Waals surface area contributed by atoms with E-state index in [4.69, 9.17) is 9.57 Å². The number of ether oxygens (including phenoxy) is 1. The summed E-state index contributed by atoms with van der Waals surface area (Å²) in [4.78, 5) is 5.57. The van der Waals surface area contributed by atoms with Crippen molar-refractivity contribution in [2.24, 2.45) is 0 Å². The minimum Gasteiger partial charge on any atom is -0.489 e. The van der Waals surface area contributed by atoms with Gasteiger partial charge < -0.3 is 4.74 Å². The molecule has 0 aromatic heterocycles. The maximum absolute atomic E-state index is 13.4. The molecule has 0 amide bonds. The zero-order valence-corrected chi connectivity index (χ0v) is 18.5. The van der Waals surface area contributed by atoms with Crippen molar-refractivity contribution in [1.29, 1.82) is 0 Å². The Morgan fingerprint density at radius 3 is 2.56 bits per heavy atom. The van der Waals surface area contributed by atoms with Crippen LogP contribution >= 0.6 is 0 Å². The minimum atomic E-state index is -3.75. The molecule has 1 saturated heterocycles. The lowest BCUT2D eigenvalue weighted by Crippen LogP contribution is -2.39. The Morgan fingerprint density at radius 2 is 1.78 bits per heavy atom. The van der Waals surface area contributed by atoms with E-state index in [0.29, 0.717) is 17.9 Å². The second-order valence-electron chi connectivity index (χ2n) is 7.67. The van der Waals surface area contributed by atoms with Crippen LogP contribution in [-0.2, 0) is 28.0 Å². The van der Waals surface area contributed by atoms with Crippen LogP contribution in [-0.4, -0.2) is 32.4 Å². The molecule has 8 heteroatoms. The maximum Gasteiger partial charge on any atom is 0.219 e. The van der Waals surface area contributed by atoms with Crippen LogP contribution in [0.5, 0.6) is 5.75 Å². The molecule has 3 aromatic rings. The van der Waals surface area contributed by atoms with Crippen LogP contribution < -0.4 is 9.46 Å². The van der Waals surface area contributed by atoms with Gasteiger partial charge in [-0.15, -0.1) is 0 Å². The van der Waals surface area contributed by atoms with Gasteiger partial charge in [0.15, 0.2) is 0 Å². The van der Waals surface area contributed by atoms with Gasteiger partial charge in [-0.05, 0) is 41.0 Å². The Kier molecular flexibility index (Phi) is 6.86. The standard InChI is InChI=1S/C24H25FN2O4S/c1-27-24(20-10-6-12-22(14-20)30-16-18-7-3-2-4-8-18)23(17-31-27)32(28,29)26-15-19-9-5-11-21(25)13-19/h2-14,23-24,26H,15-17H2,1H3. The molecule has 0 saturated carbocycles. The molecule has 3 aromatic carbocycles. The van der Waals surface area contributed by atoms with Crippen molar-refractivity contribution in [3.8, 4) is 5.75 Å². The lowest BCUT2D eigenvalue weighted by Gasteiger charge is -2.23. The lowest BCUT2D eigenvalue weighted by atomic mass is 10.0. The number of benzene rings is 3. The van der Waals surface area contributed by atoms with E-state index in [1.807, 2.05) is 54.6 Å². The highest BCUT2D eigenvalue weighted by Gasteiger charge is 2.43. The van der Waals surface area contributed by atoms with E-state index in [-0.39, 0.29) is 13.2 Å². The third kappa shape index (κ3) is 5.34. The average molecular weight is 457 g/mol. The molecule has 168 valence electrons. The molecule has 0 bridgehead atoms. The van der Waals surface area contributed by atoms with Crippen LogP contribution in [0.3, 0.4) is 0 Å². The highest BCUT2D eigenvalue weighted by atomic mass is 32.2. The van der Waals surface area contributed by atoms with Crippen LogP contribution in [0.1, 0.15) is 22.7 Å². The fourth-order valence-corrected chi connectivity index (χ4v) is 5.24. The molecule has 0 spiro atoms. The second-order valence-corrected chi connectivity index (χ2v) is 9.65. The zero-order valence-electron chi connectivity index (χ0n) is 17.6. The maximum atomic E-state index is 13.4. The Bertz CT molecular complexity index is 1160.